The molecular formula is C16H16Cl3NO. The highest BCUT2D eigenvalue weighted by molar-refractivity contribution is 6.33. The van der Waals surface area contributed by atoms with Gasteiger partial charge in [-0.3, -0.25) is 0 Å². The Bertz CT molecular complexity index is 629. The Hall–Kier alpha value is -0.930. The molecule has 0 amide bonds. The molecule has 2 rings (SSSR count). The fourth-order valence-electron chi connectivity index (χ4n) is 2.00. The summed E-state index contributed by atoms with van der Waals surface area (Å²) in [7, 11) is 0. The zero-order valence-electron chi connectivity index (χ0n) is 11.6. The van der Waals surface area contributed by atoms with E-state index in [1.165, 1.54) is 0 Å². The van der Waals surface area contributed by atoms with Crippen molar-refractivity contribution in [1.82, 2.24) is 0 Å². The first-order valence-corrected chi connectivity index (χ1v) is 7.70. The summed E-state index contributed by atoms with van der Waals surface area (Å²) in [4.78, 5) is 0. The summed E-state index contributed by atoms with van der Waals surface area (Å²) in [5.41, 5.74) is 7.60. The van der Waals surface area contributed by atoms with Gasteiger partial charge in [0.05, 0.1) is 0 Å². The van der Waals surface area contributed by atoms with Crippen molar-refractivity contribution in [3.63, 3.8) is 0 Å². The predicted molar refractivity (Wildman–Crippen MR) is 89.6 cm³/mol. The van der Waals surface area contributed by atoms with Crippen molar-refractivity contribution < 1.29 is 4.74 Å². The smallest absolute Gasteiger partial charge is 0.124 e. The fourth-order valence-corrected chi connectivity index (χ4v) is 2.61. The molecule has 0 aliphatic rings. The lowest BCUT2D eigenvalue weighted by molar-refractivity contribution is 0.302. The average Bonchev–Trinajstić information content (AvgIpc) is 2.42. The number of rotatable bonds is 5. The average molecular weight is 345 g/mol. The number of hydrogen-bond acceptors (Lipinski definition) is 2. The summed E-state index contributed by atoms with van der Waals surface area (Å²) in [6.45, 7) is 2.26. The highest BCUT2D eigenvalue weighted by atomic mass is 35.5. The molecule has 2 N–H and O–H groups in total. The maximum atomic E-state index is 6.23. The van der Waals surface area contributed by atoms with Gasteiger partial charge in [0, 0.05) is 32.2 Å². The molecule has 0 aromatic heterocycles. The van der Waals surface area contributed by atoms with Crippen LogP contribution in [-0.2, 0) is 13.0 Å². The summed E-state index contributed by atoms with van der Waals surface area (Å²) < 4.78 is 5.86. The second kappa shape index (κ2) is 7.37. The second-order valence-corrected chi connectivity index (χ2v) is 6.17. The van der Waals surface area contributed by atoms with Crippen molar-refractivity contribution in [2.24, 2.45) is 5.73 Å². The first-order chi connectivity index (χ1) is 9.97. The van der Waals surface area contributed by atoms with Gasteiger partial charge >= 0.3 is 0 Å². The maximum Gasteiger partial charge on any atom is 0.124 e. The van der Waals surface area contributed by atoms with Crippen LogP contribution in [0.4, 0.5) is 0 Å². The van der Waals surface area contributed by atoms with Crippen LogP contribution in [0.2, 0.25) is 15.1 Å². The van der Waals surface area contributed by atoms with E-state index in [9.17, 15) is 0 Å². The van der Waals surface area contributed by atoms with Crippen molar-refractivity contribution in [3.05, 3.63) is 62.6 Å². The fraction of sp³-hybridized carbons (Fsp3) is 0.250. The zero-order valence-corrected chi connectivity index (χ0v) is 13.8. The van der Waals surface area contributed by atoms with E-state index in [1.54, 1.807) is 18.2 Å². The normalized spacial score (nSPS) is 12.2. The Morgan fingerprint density at radius 2 is 1.86 bits per heavy atom. The van der Waals surface area contributed by atoms with Gasteiger partial charge in [-0.1, -0.05) is 40.9 Å². The molecule has 1 atom stereocenters. The van der Waals surface area contributed by atoms with Crippen LogP contribution in [0, 0.1) is 0 Å². The SMILES string of the molecule is CC(N)Cc1c(Cl)cccc1OCc1cc(Cl)ccc1Cl. The lowest BCUT2D eigenvalue weighted by Crippen LogP contribution is -2.18. The molecule has 5 heteroatoms. The van der Waals surface area contributed by atoms with E-state index in [1.807, 2.05) is 25.1 Å². The third-order valence-electron chi connectivity index (χ3n) is 2.99. The molecule has 0 aliphatic heterocycles. The van der Waals surface area contributed by atoms with Gasteiger partial charge in [-0.25, -0.2) is 0 Å². The van der Waals surface area contributed by atoms with E-state index in [0.29, 0.717) is 28.1 Å². The second-order valence-electron chi connectivity index (χ2n) is 4.92. The zero-order chi connectivity index (χ0) is 15.4. The topological polar surface area (TPSA) is 35.2 Å². The summed E-state index contributed by atoms with van der Waals surface area (Å²) in [5.74, 6) is 0.718. The van der Waals surface area contributed by atoms with Crippen LogP contribution in [0.25, 0.3) is 0 Å². The molecule has 0 saturated heterocycles. The molecule has 2 nitrogen and oxygen atoms in total. The predicted octanol–water partition coefficient (Wildman–Crippen LogP) is 5.12. The van der Waals surface area contributed by atoms with Gasteiger partial charge in [0.2, 0.25) is 0 Å². The molecule has 2 aromatic rings. The van der Waals surface area contributed by atoms with Crippen LogP contribution in [0.15, 0.2) is 36.4 Å². The Balaban J connectivity index is 2.20. The first-order valence-electron chi connectivity index (χ1n) is 6.57. The van der Waals surface area contributed by atoms with E-state index >= 15 is 0 Å². The molecule has 0 radical (unpaired) electrons. The van der Waals surface area contributed by atoms with Crippen LogP contribution in [-0.4, -0.2) is 6.04 Å². The van der Waals surface area contributed by atoms with Crippen LogP contribution >= 0.6 is 34.8 Å². The lowest BCUT2D eigenvalue weighted by atomic mass is 10.1. The van der Waals surface area contributed by atoms with E-state index < -0.39 is 0 Å². The van der Waals surface area contributed by atoms with E-state index in [-0.39, 0.29) is 6.04 Å². The van der Waals surface area contributed by atoms with Gasteiger partial charge < -0.3 is 10.5 Å². The van der Waals surface area contributed by atoms with Crippen molar-refractivity contribution in [2.75, 3.05) is 0 Å². The largest absolute Gasteiger partial charge is 0.489 e. The molecule has 112 valence electrons. The Kier molecular flexibility index (Phi) is 5.77. The van der Waals surface area contributed by atoms with E-state index in [2.05, 4.69) is 0 Å². The Morgan fingerprint density at radius 1 is 1.10 bits per heavy atom. The van der Waals surface area contributed by atoms with Crippen molar-refractivity contribution in [2.45, 2.75) is 26.0 Å². The molecule has 0 spiro atoms. The van der Waals surface area contributed by atoms with Crippen molar-refractivity contribution >= 4 is 34.8 Å². The number of halogens is 3. The van der Waals surface area contributed by atoms with Gasteiger partial charge in [0.15, 0.2) is 0 Å². The third-order valence-corrected chi connectivity index (χ3v) is 3.95. The maximum absolute atomic E-state index is 6.23. The van der Waals surface area contributed by atoms with Crippen LogP contribution < -0.4 is 10.5 Å². The summed E-state index contributed by atoms with van der Waals surface area (Å²) in [6.07, 6.45) is 0.651. The van der Waals surface area contributed by atoms with Gasteiger partial charge in [-0.2, -0.15) is 0 Å². The first kappa shape index (κ1) is 16.4. The van der Waals surface area contributed by atoms with Gasteiger partial charge in [0.25, 0.3) is 0 Å². The summed E-state index contributed by atoms with van der Waals surface area (Å²) in [5, 5.41) is 1.90. The Morgan fingerprint density at radius 3 is 2.57 bits per heavy atom. The van der Waals surface area contributed by atoms with Crippen molar-refractivity contribution in [1.29, 1.82) is 0 Å². The van der Waals surface area contributed by atoms with Gasteiger partial charge in [-0.05, 0) is 43.7 Å². The van der Waals surface area contributed by atoms with Crippen molar-refractivity contribution in [3.8, 4) is 5.75 Å². The minimum atomic E-state index is 0.00186. The Labute approximate surface area is 139 Å². The minimum Gasteiger partial charge on any atom is -0.489 e. The van der Waals surface area contributed by atoms with Crippen LogP contribution in [0.1, 0.15) is 18.1 Å². The number of nitrogens with two attached hydrogens (primary N) is 1. The molecule has 0 fully saturated rings. The quantitative estimate of drug-likeness (QED) is 0.817. The number of hydrogen-bond donors (Lipinski definition) is 1. The summed E-state index contributed by atoms with van der Waals surface area (Å²) in [6, 6.07) is 10.8. The molecule has 21 heavy (non-hydrogen) atoms. The molecule has 0 bridgehead atoms. The monoisotopic (exact) mass is 343 g/mol. The molecule has 1 unspecified atom stereocenters. The molecule has 0 aliphatic carbocycles. The standard InChI is InChI=1S/C16H16Cl3NO/c1-10(20)7-13-15(19)3-2-4-16(13)21-9-11-8-12(17)5-6-14(11)18/h2-6,8,10H,7,9,20H2,1H3. The third kappa shape index (κ3) is 4.52. The highest BCUT2D eigenvalue weighted by Gasteiger charge is 2.11. The minimum absolute atomic E-state index is 0.00186. The lowest BCUT2D eigenvalue weighted by Gasteiger charge is -2.15. The van der Waals surface area contributed by atoms with Gasteiger partial charge in [-0.15, -0.1) is 0 Å². The van der Waals surface area contributed by atoms with E-state index in [0.717, 1.165) is 16.9 Å². The highest BCUT2D eigenvalue weighted by Crippen LogP contribution is 2.29. The number of benzene rings is 2. The number of ether oxygens (including phenoxy) is 1. The van der Waals surface area contributed by atoms with Gasteiger partial charge in [0.1, 0.15) is 12.4 Å². The summed E-state index contributed by atoms with van der Waals surface area (Å²) >= 11 is 18.3. The van der Waals surface area contributed by atoms with Crippen LogP contribution in [0.3, 0.4) is 0 Å². The van der Waals surface area contributed by atoms with Crippen LogP contribution in [0.5, 0.6) is 5.75 Å². The molecule has 2 aromatic carbocycles. The molecule has 0 heterocycles. The molecule has 0 saturated carbocycles. The molecular weight excluding hydrogens is 329 g/mol. The van der Waals surface area contributed by atoms with E-state index in [4.69, 9.17) is 45.3 Å².